The first-order valence-corrected chi connectivity index (χ1v) is 7.85. The van der Waals surface area contributed by atoms with E-state index in [0.29, 0.717) is 11.1 Å². The number of aliphatic carboxylic acids is 1. The van der Waals surface area contributed by atoms with Crippen molar-refractivity contribution in [2.75, 3.05) is 6.54 Å². The number of benzene rings is 1. The smallest absolute Gasteiger partial charge is 0.323 e. The van der Waals surface area contributed by atoms with E-state index in [1.807, 2.05) is 4.68 Å². The van der Waals surface area contributed by atoms with Crippen LogP contribution in [0.25, 0.3) is 0 Å². The number of carboxylic acid groups (broad SMARTS) is 1. The molecule has 0 unspecified atom stereocenters. The van der Waals surface area contributed by atoms with Crippen LogP contribution in [-0.4, -0.2) is 38.2 Å². The van der Waals surface area contributed by atoms with Gasteiger partial charge in [-0.05, 0) is 37.0 Å². The van der Waals surface area contributed by atoms with Gasteiger partial charge in [0.15, 0.2) is 0 Å². The van der Waals surface area contributed by atoms with Crippen LogP contribution >= 0.6 is 0 Å². The van der Waals surface area contributed by atoms with Crippen molar-refractivity contribution < 1.29 is 19.1 Å². The molecule has 0 saturated heterocycles. The standard InChI is InChI=1S/C17H18FN3O3/c18-13-6-4-12(5-7-13)10-20(11-16(22)23)17(24)14-9-19-21-8-2-1-3-15(14)21/h4-7,9H,1-3,8,10-11H2,(H,22,23). The average molecular weight is 331 g/mol. The van der Waals surface area contributed by atoms with Crippen LogP contribution < -0.4 is 0 Å². The molecule has 1 aromatic heterocycles. The summed E-state index contributed by atoms with van der Waals surface area (Å²) >= 11 is 0. The zero-order valence-electron chi connectivity index (χ0n) is 13.1. The summed E-state index contributed by atoms with van der Waals surface area (Å²) in [5.41, 5.74) is 1.99. The third-order valence-electron chi connectivity index (χ3n) is 4.11. The molecule has 0 saturated carbocycles. The number of nitrogens with zero attached hydrogens (tertiary/aromatic N) is 3. The average Bonchev–Trinajstić information content (AvgIpc) is 2.99. The Kier molecular flexibility index (Phi) is 4.59. The summed E-state index contributed by atoms with van der Waals surface area (Å²) in [6.45, 7) is 0.469. The fourth-order valence-corrected chi connectivity index (χ4v) is 2.94. The van der Waals surface area contributed by atoms with Crippen LogP contribution in [0.1, 0.15) is 34.5 Å². The highest BCUT2D eigenvalue weighted by Crippen LogP contribution is 2.20. The SMILES string of the molecule is O=C(O)CN(Cc1ccc(F)cc1)C(=O)c1cnn2c1CCCC2. The molecule has 2 heterocycles. The van der Waals surface area contributed by atoms with Gasteiger partial charge in [-0.25, -0.2) is 4.39 Å². The summed E-state index contributed by atoms with van der Waals surface area (Å²) < 4.78 is 14.8. The minimum absolute atomic E-state index is 0.107. The number of aromatic nitrogens is 2. The van der Waals surface area contributed by atoms with E-state index in [4.69, 9.17) is 5.11 Å². The predicted octanol–water partition coefficient (Wildman–Crippen LogP) is 2.09. The van der Waals surface area contributed by atoms with Crippen LogP contribution in [0.2, 0.25) is 0 Å². The Labute approximate surface area is 138 Å². The Hall–Kier alpha value is -2.70. The number of rotatable bonds is 5. The highest BCUT2D eigenvalue weighted by Gasteiger charge is 2.25. The lowest BCUT2D eigenvalue weighted by Gasteiger charge is -2.22. The molecule has 1 aromatic carbocycles. The van der Waals surface area contributed by atoms with Gasteiger partial charge in [0.25, 0.3) is 5.91 Å². The van der Waals surface area contributed by atoms with Crippen molar-refractivity contribution >= 4 is 11.9 Å². The van der Waals surface area contributed by atoms with E-state index in [1.165, 1.54) is 23.2 Å². The molecule has 0 radical (unpaired) electrons. The van der Waals surface area contributed by atoms with Gasteiger partial charge in [-0.1, -0.05) is 12.1 Å². The van der Waals surface area contributed by atoms with Crippen LogP contribution in [0.5, 0.6) is 0 Å². The normalized spacial score (nSPS) is 13.4. The number of hydrogen-bond donors (Lipinski definition) is 1. The Morgan fingerprint density at radius 1 is 1.25 bits per heavy atom. The minimum atomic E-state index is -1.09. The van der Waals surface area contributed by atoms with E-state index in [-0.39, 0.29) is 18.3 Å². The van der Waals surface area contributed by atoms with Crippen molar-refractivity contribution in [3.8, 4) is 0 Å². The topological polar surface area (TPSA) is 75.4 Å². The van der Waals surface area contributed by atoms with Gasteiger partial charge in [0.1, 0.15) is 12.4 Å². The largest absolute Gasteiger partial charge is 0.480 e. The van der Waals surface area contributed by atoms with Crippen molar-refractivity contribution in [3.63, 3.8) is 0 Å². The molecular weight excluding hydrogens is 313 g/mol. The Morgan fingerprint density at radius 3 is 2.71 bits per heavy atom. The molecule has 1 aliphatic heterocycles. The number of hydrogen-bond acceptors (Lipinski definition) is 3. The molecular formula is C17H18FN3O3. The van der Waals surface area contributed by atoms with Gasteiger partial charge >= 0.3 is 5.97 Å². The van der Waals surface area contributed by atoms with Crippen molar-refractivity contribution in [1.29, 1.82) is 0 Å². The van der Waals surface area contributed by atoms with Crippen LogP contribution in [-0.2, 0) is 24.3 Å². The number of carboxylic acids is 1. The van der Waals surface area contributed by atoms with Crippen LogP contribution in [0.15, 0.2) is 30.5 Å². The van der Waals surface area contributed by atoms with Gasteiger partial charge in [0, 0.05) is 13.1 Å². The molecule has 0 atom stereocenters. The quantitative estimate of drug-likeness (QED) is 0.910. The van der Waals surface area contributed by atoms with Gasteiger partial charge in [-0.15, -0.1) is 0 Å². The molecule has 0 spiro atoms. The number of carbonyl (C=O) groups excluding carboxylic acids is 1. The fraction of sp³-hybridized carbons (Fsp3) is 0.353. The molecule has 0 aliphatic carbocycles. The second-order valence-electron chi connectivity index (χ2n) is 5.87. The van der Waals surface area contributed by atoms with Crippen LogP contribution in [0.3, 0.4) is 0 Å². The first kappa shape index (κ1) is 16.2. The minimum Gasteiger partial charge on any atom is -0.480 e. The molecule has 1 aliphatic rings. The molecule has 126 valence electrons. The molecule has 24 heavy (non-hydrogen) atoms. The summed E-state index contributed by atoms with van der Waals surface area (Å²) in [4.78, 5) is 25.2. The van der Waals surface area contributed by atoms with E-state index < -0.39 is 12.5 Å². The zero-order chi connectivity index (χ0) is 17.1. The maximum Gasteiger partial charge on any atom is 0.323 e. The van der Waals surface area contributed by atoms with E-state index in [1.54, 1.807) is 12.1 Å². The van der Waals surface area contributed by atoms with Gasteiger partial charge in [0.05, 0.1) is 17.5 Å². The summed E-state index contributed by atoms with van der Waals surface area (Å²) in [5.74, 6) is -1.82. The molecule has 6 nitrogen and oxygen atoms in total. The molecule has 1 N–H and O–H groups in total. The molecule has 0 fully saturated rings. The molecule has 7 heteroatoms. The van der Waals surface area contributed by atoms with E-state index in [9.17, 15) is 14.0 Å². The van der Waals surface area contributed by atoms with Crippen LogP contribution in [0.4, 0.5) is 4.39 Å². The van der Waals surface area contributed by atoms with Gasteiger partial charge in [-0.3, -0.25) is 14.3 Å². The van der Waals surface area contributed by atoms with Crippen molar-refractivity contribution in [1.82, 2.24) is 14.7 Å². The Morgan fingerprint density at radius 2 is 2.00 bits per heavy atom. The molecule has 2 aromatic rings. The summed E-state index contributed by atoms with van der Waals surface area (Å²) in [6.07, 6.45) is 4.29. The molecule has 0 bridgehead atoms. The summed E-state index contributed by atoms with van der Waals surface area (Å²) in [6, 6.07) is 5.68. The number of amides is 1. The molecule has 3 rings (SSSR count). The maximum atomic E-state index is 13.0. The zero-order valence-corrected chi connectivity index (χ0v) is 13.1. The second-order valence-corrected chi connectivity index (χ2v) is 5.87. The summed E-state index contributed by atoms with van der Waals surface area (Å²) in [5, 5.41) is 13.3. The van der Waals surface area contributed by atoms with Gasteiger partial charge < -0.3 is 10.0 Å². The monoisotopic (exact) mass is 331 g/mol. The van der Waals surface area contributed by atoms with Crippen molar-refractivity contribution in [3.05, 3.63) is 53.1 Å². The van der Waals surface area contributed by atoms with Gasteiger partial charge in [-0.2, -0.15) is 5.10 Å². The van der Waals surface area contributed by atoms with Crippen LogP contribution in [0, 0.1) is 5.82 Å². The highest BCUT2D eigenvalue weighted by atomic mass is 19.1. The first-order chi connectivity index (χ1) is 11.5. The lowest BCUT2D eigenvalue weighted by Crippen LogP contribution is -2.35. The lowest BCUT2D eigenvalue weighted by molar-refractivity contribution is -0.137. The Balaban J connectivity index is 1.85. The Bertz CT molecular complexity index is 755. The fourth-order valence-electron chi connectivity index (χ4n) is 2.94. The number of aryl methyl sites for hydroxylation is 1. The summed E-state index contributed by atoms with van der Waals surface area (Å²) in [7, 11) is 0. The van der Waals surface area contributed by atoms with E-state index in [2.05, 4.69) is 5.10 Å². The van der Waals surface area contributed by atoms with Crippen molar-refractivity contribution in [2.45, 2.75) is 32.4 Å². The second kappa shape index (κ2) is 6.82. The van der Waals surface area contributed by atoms with Crippen molar-refractivity contribution in [2.24, 2.45) is 0 Å². The third kappa shape index (κ3) is 3.45. The number of carbonyl (C=O) groups is 2. The molecule has 1 amide bonds. The van der Waals surface area contributed by atoms with E-state index in [0.717, 1.165) is 31.5 Å². The number of fused-ring (bicyclic) bond motifs is 1. The van der Waals surface area contributed by atoms with Gasteiger partial charge in [0.2, 0.25) is 0 Å². The van der Waals surface area contributed by atoms with E-state index >= 15 is 0 Å². The first-order valence-electron chi connectivity index (χ1n) is 7.85. The predicted molar refractivity (Wildman–Crippen MR) is 83.9 cm³/mol. The number of halogens is 1. The third-order valence-corrected chi connectivity index (χ3v) is 4.11. The lowest BCUT2D eigenvalue weighted by atomic mass is 10.1. The highest BCUT2D eigenvalue weighted by molar-refractivity contribution is 5.96. The maximum absolute atomic E-state index is 13.0.